The summed E-state index contributed by atoms with van der Waals surface area (Å²) >= 11 is 0. The third-order valence-corrected chi connectivity index (χ3v) is 4.73. The maximum absolute atomic E-state index is 12.2. The molecule has 0 spiro atoms. The Morgan fingerprint density at radius 3 is 2.39 bits per heavy atom. The van der Waals surface area contributed by atoms with Crippen LogP contribution in [0.2, 0.25) is 0 Å². The van der Waals surface area contributed by atoms with Gasteiger partial charge in [0.25, 0.3) is 5.91 Å². The Hall–Kier alpha value is -2.49. The van der Waals surface area contributed by atoms with E-state index in [9.17, 15) is 4.79 Å². The number of carbonyl (C=O) groups excluding carboxylic acids is 1. The van der Waals surface area contributed by atoms with Crippen LogP contribution in [0.3, 0.4) is 0 Å². The first-order chi connectivity index (χ1) is 14.5. The number of halogens is 1. The van der Waals surface area contributed by atoms with E-state index in [4.69, 9.17) is 9.47 Å². The fourth-order valence-electron chi connectivity index (χ4n) is 3.06. The van der Waals surface area contributed by atoms with Crippen molar-refractivity contribution in [2.24, 2.45) is 4.99 Å². The molecule has 0 aliphatic carbocycles. The van der Waals surface area contributed by atoms with Crippen molar-refractivity contribution < 1.29 is 14.3 Å². The van der Waals surface area contributed by atoms with Crippen LogP contribution in [0.1, 0.15) is 21.5 Å². The van der Waals surface area contributed by atoms with E-state index in [2.05, 4.69) is 20.5 Å². The summed E-state index contributed by atoms with van der Waals surface area (Å²) in [5.74, 6) is 2.15. The van der Waals surface area contributed by atoms with E-state index >= 15 is 0 Å². The largest absolute Gasteiger partial charge is 0.493 e. The van der Waals surface area contributed by atoms with Crippen molar-refractivity contribution in [3.05, 3.63) is 59.2 Å². The molecular formula is C23H33IN4O3. The molecule has 0 bridgehead atoms. The highest BCUT2D eigenvalue weighted by Crippen LogP contribution is 2.27. The van der Waals surface area contributed by atoms with Gasteiger partial charge in [-0.3, -0.25) is 9.79 Å². The van der Waals surface area contributed by atoms with Crippen molar-refractivity contribution in [2.75, 3.05) is 47.9 Å². The maximum Gasteiger partial charge on any atom is 0.251 e. The summed E-state index contributed by atoms with van der Waals surface area (Å²) in [5.41, 5.74) is 2.89. The molecule has 0 atom stereocenters. The molecule has 0 fully saturated rings. The number of nitrogens with zero attached hydrogens (tertiary/aromatic N) is 2. The lowest BCUT2D eigenvalue weighted by atomic mass is 10.1. The minimum absolute atomic E-state index is 0. The van der Waals surface area contributed by atoms with Crippen LogP contribution >= 0.6 is 24.0 Å². The van der Waals surface area contributed by atoms with E-state index in [1.807, 2.05) is 56.4 Å². The SMILES string of the molecule is CN=C(NCCNC(=O)c1cccc(C)c1)N(C)CCc1ccc(OC)c(OC)c1.I. The molecule has 7 nitrogen and oxygen atoms in total. The number of aliphatic imine (C=N–C) groups is 1. The third-order valence-electron chi connectivity index (χ3n) is 4.73. The zero-order chi connectivity index (χ0) is 21.9. The summed E-state index contributed by atoms with van der Waals surface area (Å²) in [4.78, 5) is 18.6. The minimum atomic E-state index is -0.0719. The topological polar surface area (TPSA) is 75.2 Å². The smallest absolute Gasteiger partial charge is 0.251 e. The van der Waals surface area contributed by atoms with Gasteiger partial charge in [0.1, 0.15) is 0 Å². The molecule has 8 heteroatoms. The highest BCUT2D eigenvalue weighted by Gasteiger charge is 2.09. The number of benzene rings is 2. The number of hydrogen-bond donors (Lipinski definition) is 2. The average molecular weight is 540 g/mol. The highest BCUT2D eigenvalue weighted by atomic mass is 127. The van der Waals surface area contributed by atoms with Crippen LogP contribution < -0.4 is 20.1 Å². The average Bonchev–Trinajstić information content (AvgIpc) is 2.77. The van der Waals surface area contributed by atoms with Crippen molar-refractivity contribution >= 4 is 35.8 Å². The molecule has 0 unspecified atom stereocenters. The Morgan fingerprint density at radius 2 is 1.74 bits per heavy atom. The Bertz CT molecular complexity index is 874. The standard InChI is InChI=1S/C23H32N4O3.HI/c1-17-7-6-8-19(15-17)22(28)25-12-13-26-23(24-2)27(3)14-11-18-9-10-20(29-4)21(16-18)30-5;/h6-10,15-16H,11-14H2,1-5H3,(H,24,26)(H,25,28);1H. The predicted octanol–water partition coefficient (Wildman–Crippen LogP) is 3.11. The Balaban J connectivity index is 0.00000480. The van der Waals surface area contributed by atoms with Gasteiger partial charge in [0.2, 0.25) is 0 Å². The number of aryl methyl sites for hydroxylation is 1. The molecule has 0 saturated heterocycles. The summed E-state index contributed by atoms with van der Waals surface area (Å²) in [7, 11) is 7.00. The second-order valence-corrected chi connectivity index (χ2v) is 6.96. The zero-order valence-corrected chi connectivity index (χ0v) is 21.2. The van der Waals surface area contributed by atoms with Crippen LogP contribution in [-0.2, 0) is 6.42 Å². The van der Waals surface area contributed by atoms with E-state index in [-0.39, 0.29) is 29.9 Å². The quantitative estimate of drug-likeness (QED) is 0.221. The number of guanidine groups is 1. The number of ether oxygens (including phenoxy) is 2. The van der Waals surface area contributed by atoms with Crippen LogP contribution in [0.5, 0.6) is 11.5 Å². The van der Waals surface area contributed by atoms with Crippen molar-refractivity contribution in [1.29, 1.82) is 0 Å². The second-order valence-electron chi connectivity index (χ2n) is 6.96. The number of nitrogens with one attached hydrogen (secondary N) is 2. The summed E-state index contributed by atoms with van der Waals surface area (Å²) in [6.45, 7) is 3.85. The molecule has 31 heavy (non-hydrogen) atoms. The Kier molecular flexibility index (Phi) is 11.8. The molecule has 0 saturated carbocycles. The molecule has 2 N–H and O–H groups in total. The first-order valence-corrected chi connectivity index (χ1v) is 9.96. The summed E-state index contributed by atoms with van der Waals surface area (Å²) < 4.78 is 10.7. The van der Waals surface area contributed by atoms with Crippen LogP contribution in [0.25, 0.3) is 0 Å². The summed E-state index contributed by atoms with van der Waals surface area (Å²) in [5, 5.41) is 6.21. The molecule has 0 aromatic heterocycles. The molecule has 2 rings (SSSR count). The molecular weight excluding hydrogens is 507 g/mol. The van der Waals surface area contributed by atoms with Gasteiger partial charge in [0, 0.05) is 39.3 Å². The number of methoxy groups -OCH3 is 2. The molecule has 2 aromatic carbocycles. The van der Waals surface area contributed by atoms with Crippen molar-refractivity contribution in [2.45, 2.75) is 13.3 Å². The third kappa shape index (κ3) is 8.28. The monoisotopic (exact) mass is 540 g/mol. The Morgan fingerprint density at radius 1 is 1.03 bits per heavy atom. The lowest BCUT2D eigenvalue weighted by Crippen LogP contribution is -2.43. The first-order valence-electron chi connectivity index (χ1n) is 9.96. The van der Waals surface area contributed by atoms with Gasteiger partial charge >= 0.3 is 0 Å². The predicted molar refractivity (Wildman–Crippen MR) is 136 cm³/mol. The van der Waals surface area contributed by atoms with Gasteiger partial charge in [0.05, 0.1) is 14.2 Å². The van der Waals surface area contributed by atoms with Gasteiger partial charge in [0.15, 0.2) is 17.5 Å². The number of rotatable bonds is 9. The van der Waals surface area contributed by atoms with E-state index in [0.717, 1.165) is 41.6 Å². The molecule has 0 aliphatic heterocycles. The normalized spacial score (nSPS) is 10.7. The summed E-state index contributed by atoms with van der Waals surface area (Å²) in [6, 6.07) is 13.5. The van der Waals surface area contributed by atoms with E-state index in [0.29, 0.717) is 18.7 Å². The maximum atomic E-state index is 12.2. The molecule has 170 valence electrons. The molecule has 0 heterocycles. The highest BCUT2D eigenvalue weighted by molar-refractivity contribution is 14.0. The first kappa shape index (κ1) is 26.5. The van der Waals surface area contributed by atoms with E-state index in [1.54, 1.807) is 21.3 Å². The zero-order valence-electron chi connectivity index (χ0n) is 18.9. The van der Waals surface area contributed by atoms with E-state index < -0.39 is 0 Å². The number of carbonyl (C=O) groups is 1. The van der Waals surface area contributed by atoms with Gasteiger partial charge in [-0.1, -0.05) is 23.8 Å². The molecule has 0 aliphatic rings. The lowest BCUT2D eigenvalue weighted by molar-refractivity contribution is 0.0954. The molecule has 1 amide bonds. The van der Waals surface area contributed by atoms with Gasteiger partial charge < -0.3 is 25.0 Å². The van der Waals surface area contributed by atoms with Gasteiger partial charge in [-0.15, -0.1) is 24.0 Å². The van der Waals surface area contributed by atoms with Crippen LogP contribution in [0, 0.1) is 6.92 Å². The number of amides is 1. The van der Waals surface area contributed by atoms with Crippen molar-refractivity contribution in [3.8, 4) is 11.5 Å². The fraction of sp³-hybridized carbons (Fsp3) is 0.391. The molecule has 2 aromatic rings. The van der Waals surface area contributed by atoms with Gasteiger partial charge in [-0.25, -0.2) is 0 Å². The number of likely N-dealkylation sites (N-methyl/N-ethyl adjacent to an activating group) is 1. The van der Waals surface area contributed by atoms with Crippen LogP contribution in [0.15, 0.2) is 47.5 Å². The Labute approximate surface area is 202 Å². The van der Waals surface area contributed by atoms with Crippen molar-refractivity contribution in [1.82, 2.24) is 15.5 Å². The lowest BCUT2D eigenvalue weighted by Gasteiger charge is -2.22. The van der Waals surface area contributed by atoms with Crippen LogP contribution in [0.4, 0.5) is 0 Å². The van der Waals surface area contributed by atoms with Crippen molar-refractivity contribution in [3.63, 3.8) is 0 Å². The number of hydrogen-bond acceptors (Lipinski definition) is 4. The van der Waals surface area contributed by atoms with Crippen LogP contribution in [-0.4, -0.2) is 64.7 Å². The fourth-order valence-corrected chi connectivity index (χ4v) is 3.06. The second kappa shape index (κ2) is 13.7. The van der Waals surface area contributed by atoms with Gasteiger partial charge in [-0.2, -0.15) is 0 Å². The van der Waals surface area contributed by atoms with Gasteiger partial charge in [-0.05, 0) is 43.2 Å². The molecule has 0 radical (unpaired) electrons. The summed E-state index contributed by atoms with van der Waals surface area (Å²) in [6.07, 6.45) is 0.835. The van der Waals surface area contributed by atoms with E-state index in [1.165, 1.54) is 0 Å². The minimum Gasteiger partial charge on any atom is -0.493 e.